The van der Waals surface area contributed by atoms with Crippen LogP contribution < -0.4 is 10.1 Å². The number of ether oxygens (including phenoxy) is 1. The number of benzene rings is 2. The highest BCUT2D eigenvalue weighted by Gasteiger charge is 2.24. The molecule has 0 spiro atoms. The lowest BCUT2D eigenvalue weighted by Gasteiger charge is -2.07. The summed E-state index contributed by atoms with van der Waals surface area (Å²) in [4.78, 5) is 17.1. The summed E-state index contributed by atoms with van der Waals surface area (Å²) in [6.07, 6.45) is 1.72. The van der Waals surface area contributed by atoms with Gasteiger partial charge in [0.25, 0.3) is 5.91 Å². The molecule has 1 N–H and O–H groups in total. The van der Waals surface area contributed by atoms with Gasteiger partial charge >= 0.3 is 0 Å². The minimum Gasteiger partial charge on any atom is -0.493 e. The van der Waals surface area contributed by atoms with E-state index in [9.17, 15) is 4.79 Å². The summed E-state index contributed by atoms with van der Waals surface area (Å²) in [5, 5.41) is 4.43. The Kier molecular flexibility index (Phi) is 6.14. The van der Waals surface area contributed by atoms with Crippen LogP contribution >= 0.6 is 46.6 Å². The van der Waals surface area contributed by atoms with Crippen LogP contribution in [-0.4, -0.2) is 17.7 Å². The second kappa shape index (κ2) is 8.35. The summed E-state index contributed by atoms with van der Waals surface area (Å²) in [5.41, 5.74) is 1.21. The second-order valence-electron chi connectivity index (χ2n) is 5.17. The van der Waals surface area contributed by atoms with E-state index in [1.165, 1.54) is 11.8 Å². The highest BCUT2D eigenvalue weighted by atomic mass is 35.5. The summed E-state index contributed by atoms with van der Waals surface area (Å²) in [5.74, 6) is 0.399. The molecule has 26 heavy (non-hydrogen) atoms. The fourth-order valence-electron chi connectivity index (χ4n) is 2.23. The maximum absolute atomic E-state index is 12.3. The van der Waals surface area contributed by atoms with Crippen LogP contribution in [0, 0.1) is 0 Å². The molecule has 134 valence electrons. The van der Waals surface area contributed by atoms with Crippen molar-refractivity contribution in [1.82, 2.24) is 5.32 Å². The number of thioether (sulfide) groups is 1. The summed E-state index contributed by atoms with van der Waals surface area (Å²) < 4.78 is 5.58. The quantitative estimate of drug-likeness (QED) is 0.615. The van der Waals surface area contributed by atoms with Gasteiger partial charge in [0.2, 0.25) is 0 Å². The Morgan fingerprint density at radius 3 is 2.81 bits per heavy atom. The van der Waals surface area contributed by atoms with E-state index in [0.29, 0.717) is 43.2 Å². The van der Waals surface area contributed by atoms with Gasteiger partial charge < -0.3 is 10.1 Å². The van der Waals surface area contributed by atoms with Gasteiger partial charge in [-0.15, -0.1) is 0 Å². The van der Waals surface area contributed by atoms with Crippen molar-refractivity contribution in [3.63, 3.8) is 0 Å². The van der Waals surface area contributed by atoms with E-state index in [-0.39, 0.29) is 5.91 Å². The molecular formula is C18H13Cl3N2O2S. The van der Waals surface area contributed by atoms with Crippen LogP contribution in [0.2, 0.25) is 15.1 Å². The van der Waals surface area contributed by atoms with Crippen LogP contribution in [0.1, 0.15) is 12.5 Å². The first kappa shape index (κ1) is 19.1. The molecule has 1 aliphatic rings. The van der Waals surface area contributed by atoms with Crippen LogP contribution in [0.15, 0.2) is 46.3 Å². The monoisotopic (exact) mass is 426 g/mol. The molecule has 4 nitrogen and oxygen atoms in total. The van der Waals surface area contributed by atoms with E-state index in [1.807, 2.05) is 6.92 Å². The van der Waals surface area contributed by atoms with Crippen LogP contribution in [0.3, 0.4) is 0 Å². The number of nitrogens with zero attached hydrogens (tertiary/aromatic N) is 1. The first-order valence-electron chi connectivity index (χ1n) is 7.64. The number of hydrogen-bond donors (Lipinski definition) is 1. The molecule has 1 saturated heterocycles. The van der Waals surface area contributed by atoms with Crippen molar-refractivity contribution in [3.8, 4) is 5.75 Å². The lowest BCUT2D eigenvalue weighted by molar-refractivity contribution is -0.115. The first-order chi connectivity index (χ1) is 12.5. The largest absolute Gasteiger partial charge is 0.493 e. The number of carbonyl (C=O) groups is 1. The minimum atomic E-state index is -0.255. The smallest absolute Gasteiger partial charge is 0.264 e. The molecule has 1 aliphatic heterocycles. The fraction of sp³-hybridized carbons (Fsp3) is 0.111. The number of nitrogens with one attached hydrogen (secondary N) is 1. The van der Waals surface area contributed by atoms with Crippen molar-refractivity contribution in [2.75, 3.05) is 6.61 Å². The van der Waals surface area contributed by atoms with Gasteiger partial charge in [-0.2, -0.15) is 0 Å². The Morgan fingerprint density at radius 1 is 1.23 bits per heavy atom. The Bertz CT molecular complexity index is 929. The molecule has 3 rings (SSSR count). The molecular weight excluding hydrogens is 415 g/mol. The van der Waals surface area contributed by atoms with Crippen molar-refractivity contribution < 1.29 is 9.53 Å². The summed E-state index contributed by atoms with van der Waals surface area (Å²) >= 11 is 19.4. The van der Waals surface area contributed by atoms with E-state index in [2.05, 4.69) is 10.3 Å². The summed E-state index contributed by atoms with van der Waals surface area (Å²) in [6.45, 7) is 2.40. The highest BCUT2D eigenvalue weighted by Crippen LogP contribution is 2.35. The molecule has 0 radical (unpaired) electrons. The summed E-state index contributed by atoms with van der Waals surface area (Å²) in [6, 6.07) is 10.4. The van der Waals surface area contributed by atoms with Crippen LogP contribution in [-0.2, 0) is 4.79 Å². The zero-order valence-electron chi connectivity index (χ0n) is 13.6. The van der Waals surface area contributed by atoms with Crippen molar-refractivity contribution >= 4 is 69.4 Å². The molecule has 2 aromatic carbocycles. The zero-order chi connectivity index (χ0) is 18.7. The van der Waals surface area contributed by atoms with Gasteiger partial charge in [0.05, 0.1) is 27.2 Å². The standard InChI is InChI=1S/C18H13Cl3N2O2S/c1-2-25-14-7-6-11(19)8-10(14)9-15-17(24)23-18(26-15)22-13-5-3-4-12(20)16(13)21/h3-9H,2H2,1H3,(H,22,23,24)/b15-9-. The van der Waals surface area contributed by atoms with E-state index in [1.54, 1.807) is 42.5 Å². The molecule has 0 atom stereocenters. The highest BCUT2D eigenvalue weighted by molar-refractivity contribution is 8.18. The van der Waals surface area contributed by atoms with Crippen molar-refractivity contribution in [3.05, 3.63) is 61.9 Å². The number of amidine groups is 1. The molecule has 0 aliphatic carbocycles. The van der Waals surface area contributed by atoms with E-state index < -0.39 is 0 Å². The predicted molar refractivity (Wildman–Crippen MR) is 110 cm³/mol. The molecule has 1 heterocycles. The number of amides is 1. The SMILES string of the molecule is CCOc1ccc(Cl)cc1/C=C1\SC(=Nc2cccc(Cl)c2Cl)NC1=O. The van der Waals surface area contributed by atoms with Gasteiger partial charge in [0, 0.05) is 10.6 Å². The van der Waals surface area contributed by atoms with Crippen LogP contribution in [0.25, 0.3) is 6.08 Å². The summed E-state index contributed by atoms with van der Waals surface area (Å²) in [7, 11) is 0. The number of aliphatic imine (C=N–C) groups is 1. The van der Waals surface area contributed by atoms with E-state index in [4.69, 9.17) is 39.5 Å². The maximum atomic E-state index is 12.3. The predicted octanol–water partition coefficient (Wildman–Crippen LogP) is 5.94. The van der Waals surface area contributed by atoms with Gasteiger partial charge in [-0.25, -0.2) is 4.99 Å². The topological polar surface area (TPSA) is 50.7 Å². The normalized spacial score (nSPS) is 17.0. The van der Waals surface area contributed by atoms with Crippen molar-refractivity contribution in [1.29, 1.82) is 0 Å². The molecule has 0 saturated carbocycles. The third-order valence-electron chi connectivity index (χ3n) is 3.36. The number of rotatable bonds is 4. The zero-order valence-corrected chi connectivity index (χ0v) is 16.6. The average molecular weight is 428 g/mol. The van der Waals surface area contributed by atoms with Gasteiger partial charge in [-0.05, 0) is 55.1 Å². The number of carbonyl (C=O) groups excluding carboxylic acids is 1. The number of halogens is 3. The number of hydrogen-bond acceptors (Lipinski definition) is 4. The molecule has 8 heteroatoms. The first-order valence-corrected chi connectivity index (χ1v) is 9.59. The lowest BCUT2D eigenvalue weighted by Crippen LogP contribution is -2.19. The molecule has 0 unspecified atom stereocenters. The fourth-order valence-corrected chi connectivity index (χ4v) is 3.57. The Morgan fingerprint density at radius 2 is 2.04 bits per heavy atom. The van der Waals surface area contributed by atoms with Crippen molar-refractivity contribution in [2.24, 2.45) is 4.99 Å². The van der Waals surface area contributed by atoms with E-state index in [0.717, 1.165) is 5.56 Å². The second-order valence-corrected chi connectivity index (χ2v) is 7.42. The van der Waals surface area contributed by atoms with Crippen LogP contribution in [0.4, 0.5) is 5.69 Å². The average Bonchev–Trinajstić information content (AvgIpc) is 2.94. The molecule has 0 bridgehead atoms. The third-order valence-corrected chi connectivity index (χ3v) is 5.32. The molecule has 2 aromatic rings. The van der Waals surface area contributed by atoms with Gasteiger partial charge in [0.1, 0.15) is 5.75 Å². The van der Waals surface area contributed by atoms with Crippen LogP contribution in [0.5, 0.6) is 5.75 Å². The molecule has 1 amide bonds. The minimum absolute atomic E-state index is 0.255. The third kappa shape index (κ3) is 4.35. The lowest BCUT2D eigenvalue weighted by atomic mass is 10.2. The van der Waals surface area contributed by atoms with Crippen molar-refractivity contribution in [2.45, 2.75) is 6.92 Å². The Labute approximate surface area is 170 Å². The Hall–Kier alpha value is -1.66. The Balaban J connectivity index is 1.91. The maximum Gasteiger partial charge on any atom is 0.264 e. The van der Waals surface area contributed by atoms with E-state index >= 15 is 0 Å². The van der Waals surface area contributed by atoms with Gasteiger partial charge in [-0.3, -0.25) is 4.79 Å². The van der Waals surface area contributed by atoms with Gasteiger partial charge in [-0.1, -0.05) is 40.9 Å². The van der Waals surface area contributed by atoms with Gasteiger partial charge in [0.15, 0.2) is 5.17 Å². The molecule has 0 aromatic heterocycles. The molecule has 1 fully saturated rings.